The number of nitrogens with one attached hydrogen (secondary N) is 1. The van der Waals surface area contributed by atoms with Crippen LogP contribution in [0.5, 0.6) is 0 Å². The second-order valence-electron chi connectivity index (χ2n) is 7.06. The van der Waals surface area contributed by atoms with Crippen molar-refractivity contribution in [3.8, 4) is 5.69 Å². The molecular formula is C24H18BrClN4O2S. The number of para-hydroxylation sites is 1. The van der Waals surface area contributed by atoms with Gasteiger partial charge in [0.05, 0.1) is 28.1 Å². The highest BCUT2D eigenvalue weighted by Gasteiger charge is 2.15. The number of rotatable bonds is 6. The van der Waals surface area contributed by atoms with Crippen molar-refractivity contribution in [1.82, 2.24) is 15.0 Å². The fourth-order valence-corrected chi connectivity index (χ4v) is 4.29. The zero-order valence-corrected chi connectivity index (χ0v) is 20.6. The standard InChI is InChI=1S/C24H18BrClN4O2S/c1-15(16-6-10-18(26)11-7-16)28-29-22(31)14-33-24-27-21-5-3-2-4-20(21)23(32)30(24)19-12-8-17(25)9-13-19/h2-13H,14H2,1H3,(H,29,31). The summed E-state index contributed by atoms with van der Waals surface area (Å²) in [5.74, 6) is -0.267. The molecule has 1 N–H and O–H groups in total. The quantitative estimate of drug-likeness (QED) is 0.153. The number of aromatic nitrogens is 2. The van der Waals surface area contributed by atoms with Crippen molar-refractivity contribution in [3.63, 3.8) is 0 Å². The van der Waals surface area contributed by atoms with E-state index >= 15 is 0 Å². The molecule has 0 saturated heterocycles. The summed E-state index contributed by atoms with van der Waals surface area (Å²) in [6.45, 7) is 1.80. The van der Waals surface area contributed by atoms with Crippen molar-refractivity contribution in [2.45, 2.75) is 12.1 Å². The van der Waals surface area contributed by atoms with Crippen LogP contribution in [0.3, 0.4) is 0 Å². The summed E-state index contributed by atoms with van der Waals surface area (Å²) in [5.41, 5.74) is 5.12. The highest BCUT2D eigenvalue weighted by molar-refractivity contribution is 9.10. The van der Waals surface area contributed by atoms with Gasteiger partial charge in [0.15, 0.2) is 5.16 Å². The van der Waals surface area contributed by atoms with E-state index < -0.39 is 0 Å². The van der Waals surface area contributed by atoms with E-state index in [1.807, 2.05) is 42.5 Å². The van der Waals surface area contributed by atoms with E-state index in [1.54, 1.807) is 37.3 Å². The third kappa shape index (κ3) is 5.52. The lowest BCUT2D eigenvalue weighted by atomic mass is 10.1. The van der Waals surface area contributed by atoms with Gasteiger partial charge in [-0.05, 0) is 61.0 Å². The number of benzene rings is 3. The van der Waals surface area contributed by atoms with E-state index in [0.29, 0.717) is 32.5 Å². The molecule has 166 valence electrons. The molecule has 0 aliphatic rings. The van der Waals surface area contributed by atoms with Gasteiger partial charge >= 0.3 is 0 Å². The van der Waals surface area contributed by atoms with Gasteiger partial charge in [0.25, 0.3) is 11.5 Å². The van der Waals surface area contributed by atoms with Crippen molar-refractivity contribution < 1.29 is 4.79 Å². The highest BCUT2D eigenvalue weighted by Crippen LogP contribution is 2.22. The monoisotopic (exact) mass is 540 g/mol. The van der Waals surface area contributed by atoms with Crippen LogP contribution in [0.2, 0.25) is 5.02 Å². The molecule has 1 heterocycles. The molecule has 9 heteroatoms. The molecule has 0 spiro atoms. The largest absolute Gasteiger partial charge is 0.272 e. The lowest BCUT2D eigenvalue weighted by molar-refractivity contribution is -0.118. The van der Waals surface area contributed by atoms with E-state index in [-0.39, 0.29) is 17.2 Å². The zero-order chi connectivity index (χ0) is 23.4. The van der Waals surface area contributed by atoms with Gasteiger partial charge in [-0.15, -0.1) is 0 Å². The number of nitrogens with zero attached hydrogens (tertiary/aromatic N) is 3. The Kier molecular flexibility index (Phi) is 7.27. The Bertz CT molecular complexity index is 1400. The van der Waals surface area contributed by atoms with E-state index in [4.69, 9.17) is 11.6 Å². The lowest BCUT2D eigenvalue weighted by Crippen LogP contribution is -2.24. The van der Waals surface area contributed by atoms with Crippen LogP contribution >= 0.6 is 39.3 Å². The predicted octanol–water partition coefficient (Wildman–Crippen LogP) is 5.43. The number of carbonyl (C=O) groups excluding carboxylic acids is 1. The van der Waals surface area contributed by atoms with Gasteiger partial charge in [0.2, 0.25) is 0 Å². The van der Waals surface area contributed by atoms with Crippen molar-refractivity contribution in [3.05, 3.63) is 98.2 Å². The molecule has 6 nitrogen and oxygen atoms in total. The number of thioether (sulfide) groups is 1. The first-order chi connectivity index (χ1) is 15.9. The first-order valence-electron chi connectivity index (χ1n) is 9.92. The Balaban J connectivity index is 1.57. The van der Waals surface area contributed by atoms with Crippen molar-refractivity contribution in [2.75, 3.05) is 5.75 Å². The lowest BCUT2D eigenvalue weighted by Gasteiger charge is -2.13. The third-order valence-corrected chi connectivity index (χ3v) is 6.49. The van der Waals surface area contributed by atoms with Gasteiger partial charge in [0.1, 0.15) is 0 Å². The molecule has 3 aromatic carbocycles. The summed E-state index contributed by atoms with van der Waals surface area (Å²) in [7, 11) is 0. The first kappa shape index (κ1) is 23.2. The molecule has 0 radical (unpaired) electrons. The van der Waals surface area contributed by atoms with Crippen molar-refractivity contribution >= 4 is 61.8 Å². The summed E-state index contributed by atoms with van der Waals surface area (Å²) >= 11 is 10.5. The number of halogens is 2. The van der Waals surface area contributed by atoms with Crippen LogP contribution in [0.1, 0.15) is 12.5 Å². The van der Waals surface area contributed by atoms with Gasteiger partial charge < -0.3 is 0 Å². The Morgan fingerprint density at radius 3 is 2.52 bits per heavy atom. The minimum Gasteiger partial charge on any atom is -0.272 e. The normalized spacial score (nSPS) is 11.5. The number of fused-ring (bicyclic) bond motifs is 1. The first-order valence-corrected chi connectivity index (χ1v) is 12.1. The summed E-state index contributed by atoms with van der Waals surface area (Å²) in [5, 5.41) is 5.73. The third-order valence-electron chi connectivity index (χ3n) is 4.77. The Morgan fingerprint density at radius 2 is 1.79 bits per heavy atom. The summed E-state index contributed by atoms with van der Waals surface area (Å²) < 4.78 is 2.42. The molecule has 0 atom stereocenters. The summed E-state index contributed by atoms with van der Waals surface area (Å²) in [6, 6.07) is 21.7. The van der Waals surface area contributed by atoms with Crippen LogP contribution < -0.4 is 11.0 Å². The van der Waals surface area contributed by atoms with Gasteiger partial charge in [-0.25, -0.2) is 10.4 Å². The topological polar surface area (TPSA) is 76.3 Å². The maximum Gasteiger partial charge on any atom is 0.266 e. The molecule has 0 fully saturated rings. The molecule has 0 aliphatic carbocycles. The van der Waals surface area contributed by atoms with E-state index in [2.05, 4.69) is 31.4 Å². The predicted molar refractivity (Wildman–Crippen MR) is 138 cm³/mol. The maximum atomic E-state index is 13.2. The van der Waals surface area contributed by atoms with Crippen molar-refractivity contribution in [2.24, 2.45) is 5.10 Å². The Hall–Kier alpha value is -2.94. The summed E-state index contributed by atoms with van der Waals surface area (Å²) in [6.07, 6.45) is 0. The van der Waals surface area contributed by atoms with Gasteiger partial charge in [-0.1, -0.05) is 63.6 Å². The van der Waals surface area contributed by atoms with Crippen LogP contribution in [-0.4, -0.2) is 26.9 Å². The molecule has 1 aromatic heterocycles. The second kappa shape index (κ2) is 10.3. The Morgan fingerprint density at radius 1 is 1.09 bits per heavy atom. The number of carbonyl (C=O) groups is 1. The molecule has 4 rings (SSSR count). The molecule has 0 saturated carbocycles. The number of hydrazone groups is 1. The molecule has 1 amide bonds. The van der Waals surface area contributed by atoms with E-state index in [0.717, 1.165) is 10.0 Å². The molecule has 33 heavy (non-hydrogen) atoms. The van der Waals surface area contributed by atoms with Gasteiger partial charge in [-0.2, -0.15) is 5.10 Å². The highest BCUT2D eigenvalue weighted by atomic mass is 79.9. The minimum atomic E-state index is -0.307. The van der Waals surface area contributed by atoms with Gasteiger partial charge in [0, 0.05) is 9.50 Å². The SMILES string of the molecule is CC(=NNC(=O)CSc1nc2ccccc2c(=O)n1-c1ccc(Br)cc1)c1ccc(Cl)cc1. The average Bonchev–Trinajstić information content (AvgIpc) is 2.82. The van der Waals surface area contributed by atoms with Crippen molar-refractivity contribution in [1.29, 1.82) is 0 Å². The molecule has 0 aliphatic heterocycles. The van der Waals surface area contributed by atoms with Crippen LogP contribution in [0.25, 0.3) is 16.6 Å². The average molecular weight is 542 g/mol. The van der Waals surface area contributed by atoms with Gasteiger partial charge in [-0.3, -0.25) is 14.2 Å². The minimum absolute atomic E-state index is 0.0404. The fourth-order valence-electron chi connectivity index (χ4n) is 3.09. The number of hydrogen-bond acceptors (Lipinski definition) is 5. The maximum absolute atomic E-state index is 13.2. The number of hydrogen-bond donors (Lipinski definition) is 1. The van der Waals surface area contributed by atoms with Crippen LogP contribution in [0, 0.1) is 0 Å². The fraction of sp³-hybridized carbons (Fsp3) is 0.0833. The van der Waals surface area contributed by atoms with E-state index in [9.17, 15) is 9.59 Å². The van der Waals surface area contributed by atoms with Crippen LogP contribution in [0.15, 0.2) is 92.3 Å². The number of amides is 1. The van der Waals surface area contributed by atoms with Crippen LogP contribution in [-0.2, 0) is 4.79 Å². The molecule has 0 unspecified atom stereocenters. The Labute approximate surface area is 207 Å². The molecule has 4 aromatic rings. The molecule has 0 bridgehead atoms. The zero-order valence-electron chi connectivity index (χ0n) is 17.5. The van der Waals surface area contributed by atoms with Crippen LogP contribution in [0.4, 0.5) is 0 Å². The smallest absolute Gasteiger partial charge is 0.266 e. The molecular weight excluding hydrogens is 524 g/mol. The second-order valence-corrected chi connectivity index (χ2v) is 9.35. The van der Waals surface area contributed by atoms with E-state index in [1.165, 1.54) is 16.3 Å². The summed E-state index contributed by atoms with van der Waals surface area (Å²) in [4.78, 5) is 30.4.